The second-order valence-electron chi connectivity index (χ2n) is 9.60. The molecule has 2 fully saturated rings. The van der Waals surface area contributed by atoms with E-state index in [0.717, 1.165) is 24.5 Å². The summed E-state index contributed by atoms with van der Waals surface area (Å²) < 4.78 is 49.1. The van der Waals surface area contributed by atoms with Crippen LogP contribution in [0.3, 0.4) is 0 Å². The molecular weight excluding hydrogens is 513 g/mol. The van der Waals surface area contributed by atoms with Crippen molar-refractivity contribution in [3.63, 3.8) is 0 Å². The van der Waals surface area contributed by atoms with E-state index < -0.39 is 47.1 Å². The summed E-state index contributed by atoms with van der Waals surface area (Å²) >= 11 is 0. The molecule has 14 heteroatoms. The van der Waals surface area contributed by atoms with E-state index in [1.54, 1.807) is 0 Å². The third-order valence-corrected chi connectivity index (χ3v) is 7.19. The Kier molecular flexibility index (Phi) is 7.54. The van der Waals surface area contributed by atoms with Crippen LogP contribution in [0.2, 0.25) is 0 Å². The maximum absolute atomic E-state index is 12.8. The van der Waals surface area contributed by atoms with Gasteiger partial charge in [-0.2, -0.15) is 13.2 Å². The molecule has 4 rings (SSSR count). The number of likely N-dealkylation sites (tertiary alicyclic amines) is 1. The number of primary amides is 1. The zero-order chi connectivity index (χ0) is 27.7. The minimum absolute atomic E-state index is 0.115. The number of carboxylic acid groups (broad SMARTS) is 1. The van der Waals surface area contributed by atoms with Crippen molar-refractivity contribution in [2.75, 3.05) is 19.6 Å². The predicted molar refractivity (Wildman–Crippen MR) is 123 cm³/mol. The van der Waals surface area contributed by atoms with Crippen molar-refractivity contribution in [3.8, 4) is 0 Å². The molecule has 0 bridgehead atoms. The number of nitrogens with one attached hydrogen (secondary N) is 2. The molecule has 206 valence electrons. The van der Waals surface area contributed by atoms with E-state index in [1.807, 2.05) is 0 Å². The van der Waals surface area contributed by atoms with E-state index in [9.17, 15) is 32.3 Å². The van der Waals surface area contributed by atoms with Crippen molar-refractivity contribution in [1.29, 1.82) is 0 Å². The first-order valence-corrected chi connectivity index (χ1v) is 11.9. The molecule has 1 aliphatic carbocycles. The fourth-order valence-electron chi connectivity index (χ4n) is 5.00. The molecule has 2 aliphatic heterocycles. The van der Waals surface area contributed by atoms with Gasteiger partial charge in [-0.1, -0.05) is 6.07 Å². The normalized spacial score (nSPS) is 25.8. The van der Waals surface area contributed by atoms with Crippen LogP contribution in [0.1, 0.15) is 41.6 Å². The molecule has 1 saturated carbocycles. The Labute approximate surface area is 215 Å². The Balaban J connectivity index is 1.19. The van der Waals surface area contributed by atoms with Gasteiger partial charge in [-0.25, -0.2) is 4.79 Å². The van der Waals surface area contributed by atoms with Gasteiger partial charge in [-0.15, -0.1) is 0 Å². The fourth-order valence-corrected chi connectivity index (χ4v) is 5.00. The quantitative estimate of drug-likeness (QED) is 0.379. The molecule has 2 heterocycles. The number of hydrogen-bond donors (Lipinski definition) is 4. The summed E-state index contributed by atoms with van der Waals surface area (Å²) in [6, 6.07) is 3.88. The molecule has 1 unspecified atom stereocenters. The van der Waals surface area contributed by atoms with Gasteiger partial charge in [0.15, 0.2) is 0 Å². The van der Waals surface area contributed by atoms with Gasteiger partial charge < -0.3 is 30.9 Å². The van der Waals surface area contributed by atoms with Gasteiger partial charge in [-0.3, -0.25) is 19.3 Å². The van der Waals surface area contributed by atoms with Crippen LogP contribution in [-0.2, 0) is 30.0 Å². The summed E-state index contributed by atoms with van der Waals surface area (Å²) in [5, 5.41) is 14.2. The van der Waals surface area contributed by atoms with Crippen LogP contribution in [0, 0.1) is 5.41 Å². The van der Waals surface area contributed by atoms with Gasteiger partial charge in [0.1, 0.15) is 11.7 Å². The standard InChI is InChI=1S/C24H27F3N4O7/c25-24(26,27)14-3-1-2-13(8-14)19(33)29-9-18(32)30-15-10-31(11-15)16-4-6-23(7-5-16,21(28)36)22-37-12-17(38-22)20(34)35/h1-3,8,12,15-16,22H,4-7,9-11H2,(H2,28,36)(H,29,33)(H,30,32)(H,34,35). The Morgan fingerprint density at radius 2 is 1.84 bits per heavy atom. The molecular formula is C24H27F3N4O7. The zero-order valence-corrected chi connectivity index (χ0v) is 20.1. The monoisotopic (exact) mass is 540 g/mol. The second kappa shape index (κ2) is 10.5. The maximum Gasteiger partial charge on any atom is 0.416 e. The average molecular weight is 540 g/mol. The fraction of sp³-hybridized carbons (Fsp3) is 0.500. The molecule has 3 aliphatic rings. The van der Waals surface area contributed by atoms with Crippen molar-refractivity contribution in [1.82, 2.24) is 15.5 Å². The Morgan fingerprint density at radius 3 is 2.42 bits per heavy atom. The number of halogens is 3. The van der Waals surface area contributed by atoms with Crippen LogP contribution < -0.4 is 16.4 Å². The molecule has 5 N–H and O–H groups in total. The van der Waals surface area contributed by atoms with Gasteiger partial charge in [-0.05, 0) is 43.9 Å². The highest BCUT2D eigenvalue weighted by molar-refractivity contribution is 5.96. The predicted octanol–water partition coefficient (Wildman–Crippen LogP) is 0.949. The van der Waals surface area contributed by atoms with Gasteiger partial charge in [0.2, 0.25) is 17.6 Å². The van der Waals surface area contributed by atoms with Gasteiger partial charge in [0, 0.05) is 24.7 Å². The van der Waals surface area contributed by atoms with Crippen LogP contribution in [0.4, 0.5) is 13.2 Å². The number of alkyl halides is 3. The van der Waals surface area contributed by atoms with Crippen molar-refractivity contribution in [2.24, 2.45) is 11.1 Å². The van der Waals surface area contributed by atoms with E-state index in [1.165, 1.54) is 6.07 Å². The van der Waals surface area contributed by atoms with Crippen molar-refractivity contribution >= 4 is 23.7 Å². The minimum Gasteiger partial charge on any atom is -0.475 e. The van der Waals surface area contributed by atoms with Crippen LogP contribution in [0.15, 0.2) is 36.3 Å². The van der Waals surface area contributed by atoms with Crippen molar-refractivity contribution in [2.45, 2.75) is 50.2 Å². The summed E-state index contributed by atoms with van der Waals surface area (Å²) in [7, 11) is 0. The number of carboxylic acids is 1. The lowest BCUT2D eigenvalue weighted by atomic mass is 9.70. The average Bonchev–Trinajstić information content (AvgIpc) is 3.35. The van der Waals surface area contributed by atoms with Crippen molar-refractivity contribution < 1.29 is 46.9 Å². The van der Waals surface area contributed by atoms with E-state index in [0.29, 0.717) is 38.8 Å². The van der Waals surface area contributed by atoms with E-state index >= 15 is 0 Å². The van der Waals surface area contributed by atoms with Crippen LogP contribution in [0.25, 0.3) is 0 Å². The summed E-state index contributed by atoms with van der Waals surface area (Å²) in [4.78, 5) is 49.9. The number of nitrogens with zero attached hydrogens (tertiary/aromatic N) is 1. The lowest BCUT2D eigenvalue weighted by Gasteiger charge is -2.49. The molecule has 0 radical (unpaired) electrons. The summed E-state index contributed by atoms with van der Waals surface area (Å²) in [6.45, 7) is 0.704. The largest absolute Gasteiger partial charge is 0.475 e. The third kappa shape index (κ3) is 5.69. The molecule has 0 aromatic heterocycles. The number of carbonyl (C=O) groups is 4. The number of carbonyl (C=O) groups excluding carboxylic acids is 3. The molecule has 3 amide bonds. The van der Waals surface area contributed by atoms with E-state index in [-0.39, 0.29) is 30.0 Å². The van der Waals surface area contributed by atoms with Gasteiger partial charge in [0.25, 0.3) is 12.2 Å². The smallest absolute Gasteiger partial charge is 0.416 e. The Hall–Kier alpha value is -3.81. The lowest BCUT2D eigenvalue weighted by molar-refractivity contribution is -0.172. The summed E-state index contributed by atoms with van der Waals surface area (Å²) in [6.07, 6.45) is -2.86. The molecule has 1 aromatic carbocycles. The third-order valence-electron chi connectivity index (χ3n) is 7.19. The molecule has 1 saturated heterocycles. The number of amides is 3. The number of rotatable bonds is 8. The second-order valence-corrected chi connectivity index (χ2v) is 9.60. The number of ether oxygens (including phenoxy) is 2. The summed E-state index contributed by atoms with van der Waals surface area (Å²) in [5.41, 5.74) is 3.35. The number of nitrogens with two attached hydrogens (primary N) is 1. The molecule has 38 heavy (non-hydrogen) atoms. The highest BCUT2D eigenvalue weighted by atomic mass is 19.4. The van der Waals surface area contributed by atoms with E-state index in [4.69, 9.17) is 20.3 Å². The molecule has 11 nitrogen and oxygen atoms in total. The Bertz CT molecular complexity index is 1140. The van der Waals surface area contributed by atoms with Crippen LogP contribution in [0.5, 0.6) is 0 Å². The Morgan fingerprint density at radius 1 is 1.16 bits per heavy atom. The SMILES string of the molecule is NC(=O)C1(C2OC=C(C(=O)O)O2)CCC(N2CC(NC(=O)CNC(=O)c3cccc(C(F)(F)F)c3)C2)CC1. The lowest BCUT2D eigenvalue weighted by Crippen LogP contribution is -2.64. The first-order valence-electron chi connectivity index (χ1n) is 11.9. The van der Waals surface area contributed by atoms with Crippen LogP contribution in [-0.4, -0.2) is 71.7 Å². The van der Waals surface area contributed by atoms with Crippen molar-refractivity contribution in [3.05, 3.63) is 47.4 Å². The van der Waals surface area contributed by atoms with Crippen LogP contribution >= 0.6 is 0 Å². The molecule has 1 aromatic rings. The van der Waals surface area contributed by atoms with Gasteiger partial charge >= 0.3 is 12.1 Å². The first-order chi connectivity index (χ1) is 17.9. The number of aliphatic carboxylic acids is 1. The zero-order valence-electron chi connectivity index (χ0n) is 20.1. The van der Waals surface area contributed by atoms with E-state index in [2.05, 4.69) is 15.5 Å². The summed E-state index contributed by atoms with van der Waals surface area (Å²) in [5.74, 6) is -3.57. The first kappa shape index (κ1) is 27.2. The minimum atomic E-state index is -4.58. The van der Waals surface area contributed by atoms with Gasteiger partial charge in [0.05, 0.1) is 18.2 Å². The molecule has 0 spiro atoms. The molecule has 1 atom stereocenters. The highest BCUT2D eigenvalue weighted by Crippen LogP contribution is 2.45. The topological polar surface area (TPSA) is 160 Å². The highest BCUT2D eigenvalue weighted by Gasteiger charge is 2.53. The maximum atomic E-state index is 12.8. The number of hydrogen-bond acceptors (Lipinski definition) is 7. The number of benzene rings is 1.